The van der Waals surface area contributed by atoms with Crippen LogP contribution in [-0.4, -0.2) is 5.78 Å². The highest BCUT2D eigenvalue weighted by atomic mass is 16.4. The predicted molar refractivity (Wildman–Crippen MR) is 90.0 cm³/mol. The van der Waals surface area contributed by atoms with Gasteiger partial charge >= 0.3 is 5.63 Å². The second-order valence-electron chi connectivity index (χ2n) is 6.73. The zero-order valence-electron chi connectivity index (χ0n) is 14.0. The van der Waals surface area contributed by atoms with E-state index in [1.807, 2.05) is 26.0 Å². The summed E-state index contributed by atoms with van der Waals surface area (Å²) in [4.78, 5) is 24.4. The number of benzene rings is 1. The molecule has 4 nitrogen and oxygen atoms in total. The van der Waals surface area contributed by atoms with Crippen molar-refractivity contribution in [3.63, 3.8) is 0 Å². The highest BCUT2D eigenvalue weighted by Gasteiger charge is 2.25. The Balaban J connectivity index is 2.67. The Bertz CT molecular complexity index is 918. The molecule has 0 atom stereocenters. The molecule has 2 aromatic rings. The van der Waals surface area contributed by atoms with E-state index in [-0.39, 0.29) is 16.9 Å². The first-order valence-corrected chi connectivity index (χ1v) is 7.35. The lowest BCUT2D eigenvalue weighted by molar-refractivity contribution is -0.121. The molecule has 0 aliphatic rings. The zero-order valence-corrected chi connectivity index (χ0v) is 14.0. The lowest BCUT2D eigenvalue weighted by Crippen LogP contribution is -2.21. The molecule has 0 saturated heterocycles. The molecule has 1 aromatic carbocycles. The van der Waals surface area contributed by atoms with Crippen molar-refractivity contribution in [1.82, 2.24) is 0 Å². The fourth-order valence-electron chi connectivity index (χ4n) is 2.39. The molecule has 4 heteroatoms. The van der Waals surface area contributed by atoms with E-state index >= 15 is 0 Å². The highest BCUT2D eigenvalue weighted by molar-refractivity contribution is 6.06. The van der Waals surface area contributed by atoms with Crippen LogP contribution in [0.25, 0.3) is 17.0 Å². The van der Waals surface area contributed by atoms with Gasteiger partial charge in [0.15, 0.2) is 5.78 Å². The average Bonchev–Trinajstić information content (AvgIpc) is 2.43. The van der Waals surface area contributed by atoms with Gasteiger partial charge in [0.25, 0.3) is 0 Å². The Morgan fingerprint density at radius 2 is 1.87 bits per heavy atom. The highest BCUT2D eigenvalue weighted by Crippen LogP contribution is 2.23. The van der Waals surface area contributed by atoms with Crippen molar-refractivity contribution in [3.8, 4) is 6.07 Å². The predicted octanol–water partition coefficient (Wildman–Crippen LogP) is 3.93. The molecule has 23 heavy (non-hydrogen) atoms. The molecule has 1 heterocycles. The van der Waals surface area contributed by atoms with E-state index in [2.05, 4.69) is 0 Å². The van der Waals surface area contributed by atoms with E-state index in [1.54, 1.807) is 32.9 Å². The third kappa shape index (κ3) is 3.40. The number of Topliss-reactive ketones (excluding diaryl/α,β-unsaturated/α-hetero) is 1. The van der Waals surface area contributed by atoms with Gasteiger partial charge in [-0.25, -0.2) is 4.79 Å². The van der Waals surface area contributed by atoms with Crippen LogP contribution in [0, 0.1) is 30.6 Å². The van der Waals surface area contributed by atoms with E-state index in [0.717, 1.165) is 16.5 Å². The maximum atomic E-state index is 12.3. The monoisotopic (exact) mass is 309 g/mol. The van der Waals surface area contributed by atoms with E-state index in [9.17, 15) is 14.9 Å². The number of ketones is 1. The first-order chi connectivity index (χ1) is 10.6. The van der Waals surface area contributed by atoms with Crippen molar-refractivity contribution in [2.24, 2.45) is 5.41 Å². The van der Waals surface area contributed by atoms with Crippen molar-refractivity contribution in [2.75, 3.05) is 0 Å². The minimum atomic E-state index is -0.689. The van der Waals surface area contributed by atoms with Crippen LogP contribution in [0.3, 0.4) is 0 Å². The molecule has 0 unspecified atom stereocenters. The minimum absolute atomic E-state index is 0.0473. The second kappa shape index (κ2) is 5.85. The first-order valence-electron chi connectivity index (χ1n) is 7.35. The summed E-state index contributed by atoms with van der Waals surface area (Å²) in [6.45, 7) is 9.05. The van der Waals surface area contributed by atoms with Crippen LogP contribution in [0.1, 0.15) is 37.5 Å². The van der Waals surface area contributed by atoms with Gasteiger partial charge in [0.1, 0.15) is 11.7 Å². The van der Waals surface area contributed by atoms with Gasteiger partial charge in [-0.05, 0) is 43.2 Å². The van der Waals surface area contributed by atoms with Gasteiger partial charge in [0.2, 0.25) is 0 Å². The molecule has 0 aliphatic carbocycles. The van der Waals surface area contributed by atoms with Crippen molar-refractivity contribution >= 4 is 22.8 Å². The van der Waals surface area contributed by atoms with Gasteiger partial charge in [-0.1, -0.05) is 26.8 Å². The van der Waals surface area contributed by atoms with Gasteiger partial charge in [0.05, 0.1) is 11.1 Å². The molecule has 0 fully saturated rings. The second-order valence-corrected chi connectivity index (χ2v) is 6.73. The Morgan fingerprint density at radius 3 is 2.43 bits per heavy atom. The van der Waals surface area contributed by atoms with Crippen LogP contribution < -0.4 is 5.63 Å². The normalized spacial score (nSPS) is 12.3. The number of fused-ring (bicyclic) bond motifs is 1. The van der Waals surface area contributed by atoms with Gasteiger partial charge < -0.3 is 4.42 Å². The Kier molecular flexibility index (Phi) is 4.24. The smallest absolute Gasteiger partial charge is 0.343 e. The van der Waals surface area contributed by atoms with Crippen molar-refractivity contribution in [1.29, 1.82) is 5.26 Å². The summed E-state index contributed by atoms with van der Waals surface area (Å²) in [6, 6.07) is 7.34. The number of hydrogen-bond donors (Lipinski definition) is 0. The lowest BCUT2D eigenvalue weighted by Gasteiger charge is -2.15. The third-order valence-electron chi connectivity index (χ3n) is 3.58. The van der Waals surface area contributed by atoms with Gasteiger partial charge in [-0.15, -0.1) is 0 Å². The summed E-state index contributed by atoms with van der Waals surface area (Å²) in [6.07, 6.45) is 1.32. The Morgan fingerprint density at radius 1 is 1.22 bits per heavy atom. The fourth-order valence-corrected chi connectivity index (χ4v) is 2.39. The SMILES string of the molecule is Cc1cc(C)c2cc(/C=C(/C#N)C(=O)C(C)(C)C)c(=O)oc2c1. The number of hydrogen-bond acceptors (Lipinski definition) is 4. The number of rotatable bonds is 2. The minimum Gasteiger partial charge on any atom is -0.422 e. The molecule has 0 saturated carbocycles. The molecular formula is C19H19NO3. The van der Waals surface area contributed by atoms with Crippen LogP contribution in [0.5, 0.6) is 0 Å². The molecule has 118 valence electrons. The van der Waals surface area contributed by atoms with E-state index in [0.29, 0.717) is 5.58 Å². The summed E-state index contributed by atoms with van der Waals surface area (Å²) >= 11 is 0. The van der Waals surface area contributed by atoms with Crippen LogP contribution in [0.2, 0.25) is 0 Å². The van der Waals surface area contributed by atoms with Gasteiger partial charge in [-0.2, -0.15) is 5.26 Å². The number of nitriles is 1. The third-order valence-corrected chi connectivity index (χ3v) is 3.58. The topological polar surface area (TPSA) is 71.1 Å². The number of allylic oxidation sites excluding steroid dienone is 1. The summed E-state index contributed by atoms with van der Waals surface area (Å²) in [7, 11) is 0. The zero-order chi connectivity index (χ0) is 17.4. The molecule has 0 N–H and O–H groups in total. The molecular weight excluding hydrogens is 290 g/mol. The summed E-state index contributed by atoms with van der Waals surface area (Å²) in [5.74, 6) is -0.305. The standard InChI is InChI=1S/C19H19NO3/c1-11-6-12(2)15-9-13(18(22)23-16(15)7-11)8-14(10-20)17(21)19(3,4)5/h6-9H,1-5H3/b14-8-. The first kappa shape index (κ1) is 16.7. The van der Waals surface area contributed by atoms with E-state index in [4.69, 9.17) is 4.42 Å². The maximum Gasteiger partial charge on any atom is 0.343 e. The number of carbonyl (C=O) groups is 1. The van der Waals surface area contributed by atoms with E-state index < -0.39 is 11.0 Å². The van der Waals surface area contributed by atoms with E-state index in [1.165, 1.54) is 6.08 Å². The Hall–Kier alpha value is -2.67. The molecule has 0 bridgehead atoms. The summed E-state index contributed by atoms with van der Waals surface area (Å²) in [5, 5.41) is 10.0. The van der Waals surface area contributed by atoms with Gasteiger partial charge in [-0.3, -0.25) is 4.79 Å². The number of nitrogens with zero attached hydrogens (tertiary/aromatic N) is 1. The van der Waals surface area contributed by atoms with Crippen molar-refractivity contribution < 1.29 is 9.21 Å². The van der Waals surface area contributed by atoms with Crippen molar-refractivity contribution in [2.45, 2.75) is 34.6 Å². The molecule has 0 radical (unpaired) electrons. The van der Waals surface area contributed by atoms with Crippen LogP contribution in [-0.2, 0) is 4.79 Å². The summed E-state index contributed by atoms with van der Waals surface area (Å²) in [5.41, 5.74) is 1.39. The van der Waals surface area contributed by atoms with Crippen LogP contribution >= 0.6 is 0 Å². The largest absolute Gasteiger partial charge is 0.422 e. The summed E-state index contributed by atoms with van der Waals surface area (Å²) < 4.78 is 5.34. The molecule has 2 rings (SSSR count). The van der Waals surface area contributed by atoms with Crippen LogP contribution in [0.4, 0.5) is 0 Å². The molecule has 0 spiro atoms. The number of aryl methyl sites for hydroxylation is 2. The quantitative estimate of drug-likeness (QED) is 0.478. The molecule has 1 aromatic heterocycles. The Labute approximate surface area is 135 Å². The molecule has 0 amide bonds. The fraction of sp³-hybridized carbons (Fsp3) is 0.316. The average molecular weight is 309 g/mol. The number of carbonyl (C=O) groups excluding carboxylic acids is 1. The lowest BCUT2D eigenvalue weighted by atomic mass is 9.86. The van der Waals surface area contributed by atoms with Gasteiger partial charge in [0, 0.05) is 10.8 Å². The van der Waals surface area contributed by atoms with Crippen molar-refractivity contribution in [3.05, 3.63) is 50.9 Å². The van der Waals surface area contributed by atoms with Crippen LogP contribution in [0.15, 0.2) is 33.0 Å². The molecule has 0 aliphatic heterocycles. The maximum absolute atomic E-state index is 12.3.